The summed E-state index contributed by atoms with van der Waals surface area (Å²) in [7, 11) is -0.243. The van der Waals surface area contributed by atoms with Crippen LogP contribution in [0, 0.1) is 0 Å². The molecule has 2 aromatic rings. The van der Waals surface area contributed by atoms with E-state index in [0.717, 1.165) is 13.0 Å². The van der Waals surface area contributed by atoms with E-state index in [9.17, 15) is 8.42 Å². The Kier molecular flexibility index (Phi) is 4.46. The third-order valence-corrected chi connectivity index (χ3v) is 5.75. The fourth-order valence-corrected chi connectivity index (χ4v) is 4.32. The fourth-order valence-electron chi connectivity index (χ4n) is 1.72. The zero-order chi connectivity index (χ0) is 14.0. The first-order chi connectivity index (χ1) is 8.98. The molecular formula is C10H15ClN4O2S2. The third kappa shape index (κ3) is 2.77. The molecule has 0 aliphatic rings. The van der Waals surface area contributed by atoms with Crippen LogP contribution < -0.4 is 5.32 Å². The van der Waals surface area contributed by atoms with E-state index >= 15 is 0 Å². The molecule has 0 atom stereocenters. The summed E-state index contributed by atoms with van der Waals surface area (Å²) in [6.45, 7) is 1.19. The lowest BCUT2D eigenvalue weighted by molar-refractivity contribution is 0.455. The normalized spacial score (nSPS) is 12.6. The van der Waals surface area contributed by atoms with Crippen molar-refractivity contribution in [3.05, 3.63) is 16.7 Å². The molecule has 19 heavy (non-hydrogen) atoms. The van der Waals surface area contributed by atoms with Crippen molar-refractivity contribution in [1.82, 2.24) is 19.0 Å². The van der Waals surface area contributed by atoms with E-state index in [2.05, 4.69) is 10.3 Å². The molecule has 0 aromatic carbocycles. The molecule has 6 nitrogen and oxygen atoms in total. The van der Waals surface area contributed by atoms with Gasteiger partial charge in [-0.2, -0.15) is 4.31 Å². The van der Waals surface area contributed by atoms with E-state index in [1.165, 1.54) is 20.0 Å². The first kappa shape index (κ1) is 14.7. The number of halogens is 1. The first-order valence-electron chi connectivity index (χ1n) is 5.70. The minimum atomic E-state index is -3.62. The van der Waals surface area contributed by atoms with Crippen molar-refractivity contribution >= 4 is 37.9 Å². The largest absolute Gasteiger partial charge is 0.320 e. The van der Waals surface area contributed by atoms with Crippen LogP contribution in [0.3, 0.4) is 0 Å². The number of sulfonamides is 1. The summed E-state index contributed by atoms with van der Waals surface area (Å²) in [6.07, 6.45) is 2.39. The Labute approximate surface area is 121 Å². The van der Waals surface area contributed by atoms with Crippen molar-refractivity contribution in [2.75, 3.05) is 27.2 Å². The molecule has 2 rings (SSSR count). The number of thiazole rings is 1. The molecular weight excluding hydrogens is 308 g/mol. The summed E-state index contributed by atoms with van der Waals surface area (Å²) in [5.74, 6) is 0. The van der Waals surface area contributed by atoms with Gasteiger partial charge in [0.15, 0.2) is 15.1 Å². The Bertz CT molecular complexity index is 664. The fraction of sp³-hybridized carbons (Fsp3) is 0.500. The van der Waals surface area contributed by atoms with Crippen molar-refractivity contribution in [3.8, 4) is 0 Å². The van der Waals surface area contributed by atoms with Crippen molar-refractivity contribution in [1.29, 1.82) is 0 Å². The highest BCUT2D eigenvalue weighted by Crippen LogP contribution is 2.27. The van der Waals surface area contributed by atoms with Crippen LogP contribution in [-0.4, -0.2) is 49.3 Å². The highest BCUT2D eigenvalue weighted by atomic mass is 35.5. The molecule has 0 aliphatic heterocycles. The molecule has 0 fully saturated rings. The monoisotopic (exact) mass is 322 g/mol. The van der Waals surface area contributed by atoms with Gasteiger partial charge in [-0.1, -0.05) is 11.6 Å². The Hall–Kier alpha value is -0.670. The second-order valence-corrected chi connectivity index (χ2v) is 7.24. The minimum absolute atomic E-state index is 0.0207. The van der Waals surface area contributed by atoms with Crippen molar-refractivity contribution < 1.29 is 8.42 Å². The van der Waals surface area contributed by atoms with Gasteiger partial charge >= 0.3 is 0 Å². The molecule has 0 radical (unpaired) electrons. The summed E-state index contributed by atoms with van der Waals surface area (Å²) in [5.41, 5.74) is 0. The lowest BCUT2D eigenvalue weighted by atomic mass is 10.4. The minimum Gasteiger partial charge on any atom is -0.320 e. The Morgan fingerprint density at radius 2 is 2.32 bits per heavy atom. The predicted molar refractivity (Wildman–Crippen MR) is 76.4 cm³/mol. The highest BCUT2D eigenvalue weighted by molar-refractivity contribution is 7.89. The highest BCUT2D eigenvalue weighted by Gasteiger charge is 2.28. The maximum atomic E-state index is 12.5. The molecule has 0 amide bonds. The Morgan fingerprint density at radius 3 is 3.00 bits per heavy atom. The van der Waals surface area contributed by atoms with Crippen molar-refractivity contribution in [2.24, 2.45) is 0 Å². The molecule has 0 bridgehead atoms. The van der Waals surface area contributed by atoms with E-state index in [-0.39, 0.29) is 10.2 Å². The predicted octanol–water partition coefficient (Wildman–Crippen LogP) is 1.28. The smallest absolute Gasteiger partial charge is 0.262 e. The number of hydrogen-bond donors (Lipinski definition) is 1. The summed E-state index contributed by atoms with van der Waals surface area (Å²) in [4.78, 5) is 4.62. The first-order valence-corrected chi connectivity index (χ1v) is 8.40. The molecule has 0 saturated carbocycles. The second kappa shape index (κ2) is 5.76. The van der Waals surface area contributed by atoms with Gasteiger partial charge in [0.1, 0.15) is 0 Å². The number of nitrogens with zero attached hydrogens (tertiary/aromatic N) is 3. The van der Waals surface area contributed by atoms with E-state index in [1.54, 1.807) is 18.6 Å². The molecule has 106 valence electrons. The lowest BCUT2D eigenvalue weighted by Gasteiger charge is -2.16. The van der Waals surface area contributed by atoms with Crippen LogP contribution in [0.4, 0.5) is 0 Å². The maximum Gasteiger partial charge on any atom is 0.262 e. The van der Waals surface area contributed by atoms with Crippen LogP contribution in [0.15, 0.2) is 16.6 Å². The van der Waals surface area contributed by atoms with Crippen LogP contribution in [-0.2, 0) is 10.0 Å². The quantitative estimate of drug-likeness (QED) is 0.814. The van der Waals surface area contributed by atoms with Gasteiger partial charge in [0.2, 0.25) is 0 Å². The van der Waals surface area contributed by atoms with Gasteiger partial charge in [0.05, 0.1) is 0 Å². The lowest BCUT2D eigenvalue weighted by Crippen LogP contribution is -2.30. The van der Waals surface area contributed by atoms with Crippen LogP contribution in [0.1, 0.15) is 6.42 Å². The van der Waals surface area contributed by atoms with Crippen LogP contribution in [0.2, 0.25) is 5.15 Å². The van der Waals surface area contributed by atoms with E-state index in [4.69, 9.17) is 11.6 Å². The van der Waals surface area contributed by atoms with Gasteiger partial charge in [0, 0.05) is 25.2 Å². The van der Waals surface area contributed by atoms with Crippen LogP contribution in [0.5, 0.6) is 0 Å². The number of hydrogen-bond acceptors (Lipinski definition) is 5. The van der Waals surface area contributed by atoms with Crippen LogP contribution >= 0.6 is 22.9 Å². The third-order valence-electron chi connectivity index (χ3n) is 2.73. The number of aromatic nitrogens is 2. The average molecular weight is 323 g/mol. The Morgan fingerprint density at radius 1 is 1.58 bits per heavy atom. The second-order valence-electron chi connectivity index (χ2n) is 4.05. The number of nitrogens with one attached hydrogen (secondary N) is 1. The van der Waals surface area contributed by atoms with Gasteiger partial charge in [-0.15, -0.1) is 11.3 Å². The van der Waals surface area contributed by atoms with Gasteiger partial charge in [0.25, 0.3) is 10.0 Å². The SMILES string of the molecule is CNCCCN(C)S(=O)(=O)c1c(Cl)nc2sccn12. The van der Waals surface area contributed by atoms with Gasteiger partial charge < -0.3 is 5.32 Å². The van der Waals surface area contributed by atoms with Crippen molar-refractivity contribution in [2.45, 2.75) is 11.4 Å². The maximum absolute atomic E-state index is 12.5. The van der Waals surface area contributed by atoms with Gasteiger partial charge in [-0.3, -0.25) is 4.40 Å². The summed E-state index contributed by atoms with van der Waals surface area (Å²) in [5, 5.41) is 4.82. The molecule has 0 saturated heterocycles. The van der Waals surface area contributed by atoms with Crippen molar-refractivity contribution in [3.63, 3.8) is 0 Å². The standard InChI is InChI=1S/C10H15ClN4O2S2/c1-12-4-3-5-14(2)19(16,17)9-8(11)13-10-15(9)6-7-18-10/h6-7,12H,3-5H2,1-2H3. The molecule has 2 aromatic heterocycles. The van der Waals surface area contributed by atoms with E-state index < -0.39 is 10.0 Å². The number of rotatable bonds is 6. The molecule has 0 spiro atoms. The molecule has 2 heterocycles. The number of imidazole rings is 1. The summed E-state index contributed by atoms with van der Waals surface area (Å²) in [6, 6.07) is 0. The molecule has 0 unspecified atom stereocenters. The van der Waals surface area contributed by atoms with E-state index in [0.29, 0.717) is 11.5 Å². The van der Waals surface area contributed by atoms with E-state index in [1.807, 2.05) is 7.05 Å². The van der Waals surface area contributed by atoms with Gasteiger partial charge in [-0.05, 0) is 20.0 Å². The topological polar surface area (TPSA) is 66.7 Å². The zero-order valence-corrected chi connectivity index (χ0v) is 13.0. The summed E-state index contributed by atoms with van der Waals surface area (Å²) < 4.78 is 27.8. The van der Waals surface area contributed by atoms with Crippen LogP contribution in [0.25, 0.3) is 4.96 Å². The molecule has 9 heteroatoms. The molecule has 0 aliphatic carbocycles. The molecule has 1 N–H and O–H groups in total. The summed E-state index contributed by atoms with van der Waals surface area (Å²) >= 11 is 7.30. The number of fused-ring (bicyclic) bond motifs is 1. The zero-order valence-electron chi connectivity index (χ0n) is 10.6. The average Bonchev–Trinajstić information content (AvgIpc) is 2.88. The Balaban J connectivity index is 2.33. The van der Waals surface area contributed by atoms with Gasteiger partial charge in [-0.25, -0.2) is 13.4 Å².